The predicted octanol–water partition coefficient (Wildman–Crippen LogP) is 5.28. The fourth-order valence-electron chi connectivity index (χ4n) is 3.82. The van der Waals surface area contributed by atoms with Crippen molar-refractivity contribution >= 4 is 23.1 Å². The lowest BCUT2D eigenvalue weighted by molar-refractivity contribution is 0.180. The Bertz CT molecular complexity index is 924. The molecule has 1 aromatic rings. The van der Waals surface area contributed by atoms with Gasteiger partial charge in [0, 0.05) is 24.7 Å². The number of ether oxygens (including phenoxy) is 2. The summed E-state index contributed by atoms with van der Waals surface area (Å²) in [5.74, 6) is 2.20. The lowest BCUT2D eigenvalue weighted by Gasteiger charge is -2.26. The van der Waals surface area contributed by atoms with E-state index in [9.17, 15) is 0 Å². The lowest BCUT2D eigenvalue weighted by Crippen LogP contribution is -2.33. The Labute approximate surface area is 183 Å². The minimum atomic E-state index is 0.643. The highest BCUT2D eigenvalue weighted by Gasteiger charge is 2.14. The second-order valence-electron chi connectivity index (χ2n) is 7.64. The van der Waals surface area contributed by atoms with Crippen LogP contribution in [0.3, 0.4) is 0 Å². The van der Waals surface area contributed by atoms with Crippen molar-refractivity contribution in [3.8, 4) is 11.5 Å². The van der Waals surface area contributed by atoms with Crippen molar-refractivity contribution in [2.75, 3.05) is 38.7 Å². The van der Waals surface area contributed by atoms with Gasteiger partial charge in [0.1, 0.15) is 12.4 Å². The molecule has 0 atom stereocenters. The van der Waals surface area contributed by atoms with E-state index in [2.05, 4.69) is 22.4 Å². The fourth-order valence-corrected chi connectivity index (χ4v) is 4.00. The number of amidine groups is 1. The normalized spacial score (nSPS) is 19.0. The van der Waals surface area contributed by atoms with Gasteiger partial charge in [0.2, 0.25) is 0 Å². The van der Waals surface area contributed by atoms with E-state index in [0.29, 0.717) is 11.6 Å². The second-order valence-corrected chi connectivity index (χ2v) is 8.05. The van der Waals surface area contributed by atoms with Crippen LogP contribution < -0.4 is 14.8 Å². The number of nitrogens with zero attached hydrogens (tertiary/aromatic N) is 2. The number of aliphatic imine (C=N–C) groups is 1. The zero-order valence-electron chi connectivity index (χ0n) is 17.4. The number of benzene rings is 1. The Morgan fingerprint density at radius 2 is 1.97 bits per heavy atom. The first-order chi connectivity index (χ1) is 14.7. The van der Waals surface area contributed by atoms with Gasteiger partial charge in [-0.05, 0) is 55.8 Å². The molecule has 3 aliphatic rings. The largest absolute Gasteiger partial charge is 0.493 e. The molecule has 2 bridgehead atoms. The number of rotatable bonds is 6. The van der Waals surface area contributed by atoms with Gasteiger partial charge in [-0.25, -0.2) is 4.99 Å². The van der Waals surface area contributed by atoms with Gasteiger partial charge in [-0.15, -0.1) is 0 Å². The summed E-state index contributed by atoms with van der Waals surface area (Å²) in [4.78, 5) is 7.19. The van der Waals surface area contributed by atoms with Crippen molar-refractivity contribution in [1.29, 1.82) is 0 Å². The van der Waals surface area contributed by atoms with E-state index in [1.165, 1.54) is 24.8 Å². The lowest BCUT2D eigenvalue weighted by atomic mass is 10.1. The van der Waals surface area contributed by atoms with Gasteiger partial charge < -0.3 is 14.8 Å². The van der Waals surface area contributed by atoms with Crippen LogP contribution in [0.15, 0.2) is 69.9 Å². The van der Waals surface area contributed by atoms with E-state index in [0.717, 1.165) is 54.8 Å². The van der Waals surface area contributed by atoms with Gasteiger partial charge >= 0.3 is 0 Å². The molecule has 4 rings (SSSR count). The quantitative estimate of drug-likeness (QED) is 0.673. The number of piperidine rings is 1. The molecular weight excluding hydrogens is 398 g/mol. The Morgan fingerprint density at radius 3 is 2.80 bits per heavy atom. The minimum absolute atomic E-state index is 0.643. The zero-order valence-corrected chi connectivity index (χ0v) is 18.1. The van der Waals surface area contributed by atoms with E-state index >= 15 is 0 Å². The topological polar surface area (TPSA) is 46.1 Å². The van der Waals surface area contributed by atoms with E-state index < -0.39 is 0 Å². The molecule has 1 aromatic carbocycles. The van der Waals surface area contributed by atoms with Crippen LogP contribution in [-0.4, -0.2) is 44.1 Å². The molecule has 0 spiro atoms. The van der Waals surface area contributed by atoms with Gasteiger partial charge in [0.25, 0.3) is 0 Å². The van der Waals surface area contributed by atoms with Gasteiger partial charge in [-0.2, -0.15) is 0 Å². The molecule has 158 valence electrons. The first-order valence-electron chi connectivity index (χ1n) is 10.5. The van der Waals surface area contributed by atoms with Gasteiger partial charge in [0.15, 0.2) is 11.5 Å². The smallest absolute Gasteiger partial charge is 0.163 e. The summed E-state index contributed by atoms with van der Waals surface area (Å²) in [6, 6.07) is 5.84. The summed E-state index contributed by atoms with van der Waals surface area (Å²) in [7, 11) is 1.66. The number of anilines is 1. The van der Waals surface area contributed by atoms with E-state index in [-0.39, 0.29) is 0 Å². The molecule has 0 saturated carbocycles. The van der Waals surface area contributed by atoms with Crippen molar-refractivity contribution in [3.05, 3.63) is 64.9 Å². The summed E-state index contributed by atoms with van der Waals surface area (Å²) >= 11 is 6.37. The summed E-state index contributed by atoms with van der Waals surface area (Å²) in [6.45, 7) is 3.91. The molecule has 1 saturated heterocycles. The molecule has 0 unspecified atom stereocenters. The van der Waals surface area contributed by atoms with E-state index in [4.69, 9.17) is 26.1 Å². The van der Waals surface area contributed by atoms with Crippen LogP contribution in [0.25, 0.3) is 0 Å². The Hall–Kier alpha value is -2.50. The van der Waals surface area contributed by atoms with E-state index in [1.54, 1.807) is 7.11 Å². The molecule has 0 radical (unpaired) electrons. The van der Waals surface area contributed by atoms with E-state index in [1.807, 2.05) is 36.4 Å². The standard InChI is InChI=1S/C24H28ClN3O2/c1-29-22-10-9-19(17-23(22)30-15-14-28-12-3-2-4-13-28)26-24-11-8-18-6-5-7-20(25)21(16-18)27-24/h5-11,17H,2-4,12-16H2,1H3,(H,26,27). The fraction of sp³-hybridized carbons (Fsp3) is 0.375. The number of fused-ring (bicyclic) bond motifs is 2. The monoisotopic (exact) mass is 425 g/mol. The van der Waals surface area contributed by atoms with Crippen molar-refractivity contribution < 1.29 is 9.47 Å². The van der Waals surface area contributed by atoms with Gasteiger partial charge in [-0.3, -0.25) is 4.90 Å². The van der Waals surface area contributed by atoms with Crippen LogP contribution in [0.4, 0.5) is 5.69 Å². The maximum absolute atomic E-state index is 6.37. The highest BCUT2D eigenvalue weighted by molar-refractivity contribution is 6.31. The van der Waals surface area contributed by atoms with Crippen LogP contribution in [0.2, 0.25) is 0 Å². The summed E-state index contributed by atoms with van der Waals surface area (Å²) in [5.41, 5.74) is 2.92. The number of nitrogens with one attached hydrogen (secondary N) is 1. The second kappa shape index (κ2) is 10.0. The average molecular weight is 426 g/mol. The van der Waals surface area contributed by atoms with Crippen LogP contribution in [-0.2, 0) is 0 Å². The number of methoxy groups -OCH3 is 1. The summed E-state index contributed by atoms with van der Waals surface area (Å²) in [5, 5.41) is 4.05. The number of allylic oxidation sites excluding steroid dienone is 6. The van der Waals surface area contributed by atoms with Crippen LogP contribution in [0, 0.1) is 0 Å². The minimum Gasteiger partial charge on any atom is -0.493 e. The van der Waals surface area contributed by atoms with Crippen molar-refractivity contribution in [2.24, 2.45) is 4.99 Å². The molecule has 1 fully saturated rings. The third-order valence-corrected chi connectivity index (χ3v) is 5.80. The molecule has 1 aliphatic carbocycles. The first-order valence-corrected chi connectivity index (χ1v) is 10.9. The number of hydrogen-bond donors (Lipinski definition) is 1. The SMILES string of the molecule is COc1ccc(NC2=NC3=C(Cl)C=CC=C(C=C2)C3)cc1OCCN1CCCCC1. The van der Waals surface area contributed by atoms with Gasteiger partial charge in [-0.1, -0.05) is 36.2 Å². The molecule has 0 aromatic heterocycles. The highest BCUT2D eigenvalue weighted by atomic mass is 35.5. The summed E-state index contributed by atoms with van der Waals surface area (Å²) in [6.07, 6.45) is 14.6. The molecule has 1 N–H and O–H groups in total. The van der Waals surface area contributed by atoms with Gasteiger partial charge in [0.05, 0.1) is 17.8 Å². The molecule has 5 nitrogen and oxygen atoms in total. The molecular formula is C24H28ClN3O2. The van der Waals surface area contributed by atoms with Crippen molar-refractivity contribution in [2.45, 2.75) is 25.7 Å². The number of halogens is 1. The zero-order chi connectivity index (χ0) is 20.8. The van der Waals surface area contributed by atoms with Crippen LogP contribution in [0.5, 0.6) is 11.5 Å². The first kappa shape index (κ1) is 20.8. The maximum atomic E-state index is 6.37. The van der Waals surface area contributed by atoms with Crippen LogP contribution >= 0.6 is 11.6 Å². The third kappa shape index (κ3) is 5.35. The Morgan fingerprint density at radius 1 is 1.10 bits per heavy atom. The van der Waals surface area contributed by atoms with Crippen molar-refractivity contribution in [1.82, 2.24) is 4.90 Å². The predicted molar refractivity (Wildman–Crippen MR) is 124 cm³/mol. The summed E-state index contributed by atoms with van der Waals surface area (Å²) < 4.78 is 11.6. The highest BCUT2D eigenvalue weighted by Crippen LogP contribution is 2.31. The third-order valence-electron chi connectivity index (χ3n) is 5.46. The number of hydrogen-bond acceptors (Lipinski definition) is 5. The molecule has 0 amide bonds. The Kier molecular flexibility index (Phi) is 6.92. The average Bonchev–Trinajstić information content (AvgIpc) is 3.07. The van der Waals surface area contributed by atoms with Crippen LogP contribution in [0.1, 0.15) is 25.7 Å². The number of likely N-dealkylation sites (tertiary alicyclic amines) is 1. The van der Waals surface area contributed by atoms with Crippen molar-refractivity contribution in [3.63, 3.8) is 0 Å². The molecule has 6 heteroatoms. The Balaban J connectivity index is 1.46. The molecule has 2 heterocycles. The molecule has 30 heavy (non-hydrogen) atoms. The maximum Gasteiger partial charge on any atom is 0.163 e. The molecule has 2 aliphatic heterocycles.